The Kier molecular flexibility index (Phi) is 56.6. The summed E-state index contributed by atoms with van der Waals surface area (Å²) in [5.41, 5.74) is 0. The summed E-state index contributed by atoms with van der Waals surface area (Å²) < 4.78 is 68.0. The van der Waals surface area contributed by atoms with Crippen LogP contribution in [0, 0.1) is 23.7 Å². The molecule has 0 amide bonds. The van der Waals surface area contributed by atoms with E-state index >= 15 is 0 Å². The van der Waals surface area contributed by atoms with Crippen LogP contribution < -0.4 is 0 Å². The number of carbonyl (C=O) groups excluding carboxylic acids is 4. The van der Waals surface area contributed by atoms with Crippen molar-refractivity contribution in [3.8, 4) is 0 Å². The monoisotopic (exact) mass is 1280 g/mol. The number of rotatable bonds is 65. The molecule has 17 nitrogen and oxygen atoms in total. The maximum Gasteiger partial charge on any atom is 0.472 e. The fraction of sp³-hybridized carbons (Fsp3) is 0.941. The lowest BCUT2D eigenvalue weighted by Gasteiger charge is -2.21. The minimum absolute atomic E-state index is 0.101. The molecule has 0 spiro atoms. The smallest absolute Gasteiger partial charge is 0.462 e. The highest BCUT2D eigenvalue weighted by molar-refractivity contribution is 7.47. The summed E-state index contributed by atoms with van der Waals surface area (Å²) in [5, 5.41) is 10.5. The average molecular weight is 1280 g/mol. The molecular weight excluding hydrogens is 1150 g/mol. The molecule has 0 fully saturated rings. The van der Waals surface area contributed by atoms with E-state index in [2.05, 4.69) is 55.4 Å². The number of unbranched alkanes of at least 4 members (excludes halogenated alkanes) is 30. The van der Waals surface area contributed by atoms with Crippen LogP contribution in [-0.4, -0.2) is 96.7 Å². The number of aliphatic hydroxyl groups excluding tert-OH is 1. The van der Waals surface area contributed by atoms with Gasteiger partial charge in [-0.15, -0.1) is 0 Å². The molecule has 516 valence electrons. The van der Waals surface area contributed by atoms with Crippen molar-refractivity contribution in [2.45, 2.75) is 350 Å². The second-order valence-electron chi connectivity index (χ2n) is 26.2. The minimum atomic E-state index is -4.95. The highest BCUT2D eigenvalue weighted by Crippen LogP contribution is 2.45. The van der Waals surface area contributed by atoms with Gasteiger partial charge in [0.05, 0.1) is 26.4 Å². The molecule has 0 saturated carbocycles. The molecule has 3 unspecified atom stereocenters. The lowest BCUT2D eigenvalue weighted by atomic mass is 10.00. The van der Waals surface area contributed by atoms with Crippen LogP contribution in [0.1, 0.15) is 331 Å². The minimum Gasteiger partial charge on any atom is -0.462 e. The van der Waals surface area contributed by atoms with Crippen molar-refractivity contribution in [3.63, 3.8) is 0 Å². The van der Waals surface area contributed by atoms with Gasteiger partial charge in [-0.25, -0.2) is 9.13 Å². The third kappa shape index (κ3) is 61.3. The van der Waals surface area contributed by atoms with Gasteiger partial charge in [-0.2, -0.15) is 0 Å². The molecule has 3 N–H and O–H groups in total. The van der Waals surface area contributed by atoms with Gasteiger partial charge in [-0.05, 0) is 49.4 Å². The molecule has 0 rings (SSSR count). The predicted octanol–water partition coefficient (Wildman–Crippen LogP) is 18.9. The summed E-state index contributed by atoms with van der Waals surface area (Å²) in [6.07, 6.45) is 39.5. The zero-order valence-corrected chi connectivity index (χ0v) is 58.4. The maximum atomic E-state index is 13.0. The van der Waals surface area contributed by atoms with Crippen LogP contribution in [0.5, 0.6) is 0 Å². The van der Waals surface area contributed by atoms with Gasteiger partial charge in [0, 0.05) is 25.7 Å². The lowest BCUT2D eigenvalue weighted by Crippen LogP contribution is -2.30. The van der Waals surface area contributed by atoms with E-state index in [9.17, 15) is 43.2 Å². The first kappa shape index (κ1) is 85.1. The van der Waals surface area contributed by atoms with Gasteiger partial charge in [0.25, 0.3) is 0 Å². The molecule has 87 heavy (non-hydrogen) atoms. The van der Waals surface area contributed by atoms with Crippen LogP contribution in [0.3, 0.4) is 0 Å². The lowest BCUT2D eigenvalue weighted by molar-refractivity contribution is -0.161. The van der Waals surface area contributed by atoms with Gasteiger partial charge in [-0.1, -0.05) is 280 Å². The summed E-state index contributed by atoms with van der Waals surface area (Å²) in [5.74, 6) is 0.740. The zero-order chi connectivity index (χ0) is 64.7. The van der Waals surface area contributed by atoms with Crippen molar-refractivity contribution in [2.24, 2.45) is 23.7 Å². The van der Waals surface area contributed by atoms with Gasteiger partial charge >= 0.3 is 39.5 Å². The summed E-state index contributed by atoms with van der Waals surface area (Å²) in [4.78, 5) is 72.3. The van der Waals surface area contributed by atoms with Crippen molar-refractivity contribution in [1.82, 2.24) is 0 Å². The molecule has 0 saturated heterocycles. The number of esters is 4. The van der Waals surface area contributed by atoms with Crippen molar-refractivity contribution >= 4 is 39.5 Å². The highest BCUT2D eigenvalue weighted by atomic mass is 31.2. The number of hydrogen-bond donors (Lipinski definition) is 3. The fourth-order valence-electron chi connectivity index (χ4n) is 10.1. The van der Waals surface area contributed by atoms with Crippen LogP contribution in [0.15, 0.2) is 0 Å². The molecule has 0 aliphatic rings. The van der Waals surface area contributed by atoms with Gasteiger partial charge < -0.3 is 33.8 Å². The molecular formula is C68H132O17P2. The molecule has 0 aliphatic heterocycles. The molecule has 0 aromatic heterocycles. The topological polar surface area (TPSA) is 237 Å². The van der Waals surface area contributed by atoms with Crippen LogP contribution in [-0.2, 0) is 65.4 Å². The first-order valence-electron chi connectivity index (χ1n) is 35.2. The number of phosphoric acid groups is 2. The maximum absolute atomic E-state index is 13.0. The SMILES string of the molecule is CCC(C)CCCCCCCCC(=O)OC[C@H](COP(=O)(O)OC[C@H](O)COP(=O)(O)OC[C@@H](COC(=O)CCCCCCCCCCCCCCCCCCC(C)C)OC(=O)CCCCCCCCC(C)C)OC(=O)CCCCCCCCC(C)C. The third-order valence-electron chi connectivity index (χ3n) is 15.9. The Bertz CT molecular complexity index is 1730. The standard InChI is InChI=1S/C68H132O17P2/c1-9-61(8)47-39-31-24-27-33-41-49-66(71)79-55-64(85-68(73)51-43-35-26-23-30-38-46-60(6)7)57-83-87(76,77)81-53-62(69)52-80-86(74,75)82-56-63(84-67(72)50-42-34-25-22-29-37-45-59(4)5)54-78-65(70)48-40-32-21-19-17-15-13-11-10-12-14-16-18-20-28-36-44-58(2)3/h58-64,69H,9-57H2,1-8H3,(H,74,75)(H,76,77)/t61?,62-,63-,64-/m1/s1. The summed E-state index contributed by atoms with van der Waals surface area (Å²) >= 11 is 0. The van der Waals surface area contributed by atoms with E-state index < -0.39 is 97.5 Å². The normalized spacial score (nSPS) is 14.6. The summed E-state index contributed by atoms with van der Waals surface area (Å²) in [6.45, 7) is 13.9. The second kappa shape index (κ2) is 57.9. The quantitative estimate of drug-likeness (QED) is 0.0222. The van der Waals surface area contributed by atoms with Crippen molar-refractivity contribution in [3.05, 3.63) is 0 Å². The van der Waals surface area contributed by atoms with Crippen LogP contribution in [0.2, 0.25) is 0 Å². The highest BCUT2D eigenvalue weighted by Gasteiger charge is 2.30. The Morgan fingerprint density at radius 3 is 0.816 bits per heavy atom. The first-order valence-corrected chi connectivity index (χ1v) is 38.2. The Hall–Kier alpha value is -1.94. The van der Waals surface area contributed by atoms with Gasteiger partial charge in [-0.3, -0.25) is 37.3 Å². The Balaban J connectivity index is 5.13. The Morgan fingerprint density at radius 1 is 0.322 bits per heavy atom. The summed E-state index contributed by atoms with van der Waals surface area (Å²) in [7, 11) is -9.89. The zero-order valence-electron chi connectivity index (χ0n) is 56.6. The predicted molar refractivity (Wildman–Crippen MR) is 349 cm³/mol. The largest absolute Gasteiger partial charge is 0.472 e. The molecule has 0 aromatic carbocycles. The van der Waals surface area contributed by atoms with Gasteiger partial charge in [0.15, 0.2) is 12.2 Å². The number of hydrogen-bond acceptors (Lipinski definition) is 15. The number of phosphoric ester groups is 2. The van der Waals surface area contributed by atoms with Crippen molar-refractivity contribution in [2.75, 3.05) is 39.6 Å². The Labute approximate surface area is 530 Å². The van der Waals surface area contributed by atoms with E-state index in [1.165, 1.54) is 128 Å². The molecule has 0 bridgehead atoms. The van der Waals surface area contributed by atoms with E-state index in [0.29, 0.717) is 37.5 Å². The van der Waals surface area contributed by atoms with Crippen LogP contribution in [0.4, 0.5) is 0 Å². The van der Waals surface area contributed by atoms with Crippen molar-refractivity contribution < 1.29 is 80.2 Å². The first-order chi connectivity index (χ1) is 41.6. The number of carbonyl (C=O) groups is 4. The van der Waals surface area contributed by atoms with E-state index in [4.69, 9.17) is 37.0 Å². The van der Waals surface area contributed by atoms with Crippen LogP contribution >= 0.6 is 15.6 Å². The molecule has 0 heterocycles. The average Bonchev–Trinajstić information content (AvgIpc) is 3.58. The van der Waals surface area contributed by atoms with Gasteiger partial charge in [0.2, 0.25) is 0 Å². The number of aliphatic hydroxyl groups is 1. The van der Waals surface area contributed by atoms with E-state index in [1.807, 2.05) is 0 Å². The number of ether oxygens (including phenoxy) is 4. The molecule has 0 aliphatic carbocycles. The van der Waals surface area contributed by atoms with Crippen LogP contribution in [0.25, 0.3) is 0 Å². The molecule has 19 heteroatoms. The van der Waals surface area contributed by atoms with E-state index in [-0.39, 0.29) is 25.7 Å². The molecule has 0 aromatic rings. The van der Waals surface area contributed by atoms with Gasteiger partial charge in [0.1, 0.15) is 19.3 Å². The second-order valence-corrected chi connectivity index (χ2v) is 29.1. The van der Waals surface area contributed by atoms with Crippen molar-refractivity contribution in [1.29, 1.82) is 0 Å². The molecule has 0 radical (unpaired) electrons. The molecule has 6 atom stereocenters. The third-order valence-corrected chi connectivity index (χ3v) is 17.8. The van der Waals surface area contributed by atoms with E-state index in [0.717, 1.165) is 108 Å². The fourth-order valence-corrected chi connectivity index (χ4v) is 11.7. The summed E-state index contributed by atoms with van der Waals surface area (Å²) in [6, 6.07) is 0. The Morgan fingerprint density at radius 2 is 0.552 bits per heavy atom. The van der Waals surface area contributed by atoms with E-state index in [1.54, 1.807) is 0 Å².